The van der Waals surface area contributed by atoms with Crippen LogP contribution in [-0.2, 0) is 11.3 Å². The predicted molar refractivity (Wildman–Crippen MR) is 91.2 cm³/mol. The van der Waals surface area contributed by atoms with Gasteiger partial charge in [-0.2, -0.15) is 5.10 Å². The minimum Gasteiger partial charge on any atom is -0.328 e. The van der Waals surface area contributed by atoms with E-state index < -0.39 is 0 Å². The highest BCUT2D eigenvalue weighted by molar-refractivity contribution is 5.82. The van der Waals surface area contributed by atoms with Gasteiger partial charge in [0.15, 0.2) is 0 Å². The van der Waals surface area contributed by atoms with Crippen LogP contribution < -0.4 is 5.43 Å². The third-order valence-corrected chi connectivity index (χ3v) is 3.71. The zero-order chi connectivity index (χ0) is 16.9. The standard InChI is InChI=1S/C18H17FN4O/c1-13-21-16-8-4-5-9-17(16)23(13)11-10-18(24)22-20-12-14-6-2-3-7-15(14)19/h2-9,12H,10-11H2,1H3,(H,22,24)/b20-12+. The molecule has 0 radical (unpaired) electrons. The van der Waals surface area contributed by atoms with Gasteiger partial charge in [-0.1, -0.05) is 30.3 Å². The van der Waals surface area contributed by atoms with Gasteiger partial charge in [-0.25, -0.2) is 14.8 Å². The molecule has 6 heteroatoms. The number of hydrogen-bond donors (Lipinski definition) is 1. The zero-order valence-corrected chi connectivity index (χ0v) is 13.2. The highest BCUT2D eigenvalue weighted by atomic mass is 19.1. The van der Waals surface area contributed by atoms with E-state index in [1.54, 1.807) is 18.2 Å². The molecule has 0 unspecified atom stereocenters. The summed E-state index contributed by atoms with van der Waals surface area (Å²) in [7, 11) is 0. The molecule has 2 aromatic carbocycles. The second-order valence-corrected chi connectivity index (χ2v) is 5.36. The molecule has 0 bridgehead atoms. The van der Waals surface area contributed by atoms with Crippen LogP contribution in [0, 0.1) is 12.7 Å². The average molecular weight is 324 g/mol. The van der Waals surface area contributed by atoms with Crippen LogP contribution in [0.3, 0.4) is 0 Å². The van der Waals surface area contributed by atoms with Gasteiger partial charge in [0, 0.05) is 18.5 Å². The molecule has 0 saturated heterocycles. The first-order valence-electron chi connectivity index (χ1n) is 7.63. The van der Waals surface area contributed by atoms with Gasteiger partial charge in [0.05, 0.1) is 17.2 Å². The summed E-state index contributed by atoms with van der Waals surface area (Å²) in [5.74, 6) is 0.245. The Balaban J connectivity index is 1.59. The van der Waals surface area contributed by atoms with Crippen molar-refractivity contribution >= 4 is 23.2 Å². The number of carbonyl (C=O) groups excluding carboxylic acids is 1. The molecule has 1 aromatic heterocycles. The van der Waals surface area contributed by atoms with Crippen molar-refractivity contribution in [3.63, 3.8) is 0 Å². The number of amides is 1. The van der Waals surface area contributed by atoms with E-state index in [1.165, 1.54) is 12.3 Å². The van der Waals surface area contributed by atoms with Crippen LogP contribution in [0.2, 0.25) is 0 Å². The van der Waals surface area contributed by atoms with Crippen LogP contribution in [0.4, 0.5) is 4.39 Å². The lowest BCUT2D eigenvalue weighted by atomic mass is 10.2. The normalized spacial score (nSPS) is 11.2. The van der Waals surface area contributed by atoms with E-state index in [9.17, 15) is 9.18 Å². The van der Waals surface area contributed by atoms with Crippen molar-refractivity contribution < 1.29 is 9.18 Å². The van der Waals surface area contributed by atoms with E-state index in [1.807, 2.05) is 35.8 Å². The van der Waals surface area contributed by atoms with Crippen molar-refractivity contribution in [2.75, 3.05) is 0 Å². The van der Waals surface area contributed by atoms with Crippen molar-refractivity contribution in [3.8, 4) is 0 Å². The Morgan fingerprint density at radius 3 is 2.83 bits per heavy atom. The third kappa shape index (κ3) is 3.48. The molecule has 24 heavy (non-hydrogen) atoms. The summed E-state index contributed by atoms with van der Waals surface area (Å²) >= 11 is 0. The minimum atomic E-state index is -0.379. The topological polar surface area (TPSA) is 59.3 Å². The van der Waals surface area contributed by atoms with Gasteiger partial charge < -0.3 is 4.57 Å². The fourth-order valence-electron chi connectivity index (χ4n) is 2.50. The summed E-state index contributed by atoms with van der Waals surface area (Å²) in [4.78, 5) is 16.4. The van der Waals surface area contributed by atoms with Crippen molar-refractivity contribution in [3.05, 3.63) is 65.7 Å². The number of nitrogens with one attached hydrogen (secondary N) is 1. The lowest BCUT2D eigenvalue weighted by molar-refractivity contribution is -0.121. The largest absolute Gasteiger partial charge is 0.328 e. The number of hydrogen-bond acceptors (Lipinski definition) is 3. The van der Waals surface area contributed by atoms with E-state index in [-0.39, 0.29) is 18.1 Å². The molecule has 0 fully saturated rings. The van der Waals surface area contributed by atoms with Gasteiger partial charge in [-0.15, -0.1) is 0 Å². The summed E-state index contributed by atoms with van der Waals surface area (Å²) in [6.45, 7) is 2.42. The lowest BCUT2D eigenvalue weighted by Gasteiger charge is -2.06. The Bertz CT molecular complexity index is 901. The number of fused-ring (bicyclic) bond motifs is 1. The molecular formula is C18H17FN4O. The SMILES string of the molecule is Cc1nc2ccccc2n1CCC(=O)N/N=C/c1ccccc1F. The fraction of sp³-hybridized carbons (Fsp3) is 0.167. The van der Waals surface area contributed by atoms with Crippen LogP contribution in [-0.4, -0.2) is 21.7 Å². The third-order valence-electron chi connectivity index (χ3n) is 3.71. The van der Waals surface area contributed by atoms with Gasteiger partial charge in [0.25, 0.3) is 0 Å². The van der Waals surface area contributed by atoms with E-state index in [0.29, 0.717) is 12.1 Å². The van der Waals surface area contributed by atoms with Gasteiger partial charge in [0.1, 0.15) is 11.6 Å². The van der Waals surface area contributed by atoms with Gasteiger partial charge in [0.2, 0.25) is 5.91 Å². The maximum absolute atomic E-state index is 13.4. The fourth-order valence-corrected chi connectivity index (χ4v) is 2.50. The Morgan fingerprint density at radius 2 is 2.00 bits per heavy atom. The molecule has 3 aromatic rings. The molecule has 1 N–H and O–H groups in total. The highest BCUT2D eigenvalue weighted by Gasteiger charge is 2.08. The van der Waals surface area contributed by atoms with Crippen LogP contribution in [0.1, 0.15) is 17.8 Å². The molecule has 122 valence electrons. The summed E-state index contributed by atoms with van der Waals surface area (Å²) in [6.07, 6.45) is 1.56. The predicted octanol–water partition coefficient (Wildman–Crippen LogP) is 3.02. The summed E-state index contributed by atoms with van der Waals surface area (Å²) < 4.78 is 15.4. The van der Waals surface area contributed by atoms with Gasteiger partial charge in [-0.3, -0.25) is 4.79 Å². The molecule has 0 aliphatic carbocycles. The quantitative estimate of drug-likeness (QED) is 0.579. The second-order valence-electron chi connectivity index (χ2n) is 5.36. The zero-order valence-electron chi connectivity index (χ0n) is 13.2. The Kier molecular flexibility index (Phi) is 4.65. The van der Waals surface area contributed by atoms with E-state index in [0.717, 1.165) is 16.9 Å². The van der Waals surface area contributed by atoms with Gasteiger partial charge >= 0.3 is 0 Å². The first-order valence-corrected chi connectivity index (χ1v) is 7.63. The maximum atomic E-state index is 13.4. The minimum absolute atomic E-state index is 0.236. The van der Waals surface area contributed by atoms with Crippen molar-refractivity contribution in [2.24, 2.45) is 5.10 Å². The lowest BCUT2D eigenvalue weighted by Crippen LogP contribution is -2.19. The number of benzene rings is 2. The molecule has 1 heterocycles. The van der Waals surface area contributed by atoms with E-state index in [4.69, 9.17) is 0 Å². The molecule has 0 aliphatic rings. The number of para-hydroxylation sites is 2. The Hall–Kier alpha value is -3.02. The molecule has 0 spiro atoms. The molecule has 3 rings (SSSR count). The first-order chi connectivity index (χ1) is 11.6. The number of imidazole rings is 1. The second kappa shape index (κ2) is 7.04. The molecule has 0 aliphatic heterocycles. The summed E-state index contributed by atoms with van der Waals surface area (Å²) in [5.41, 5.74) is 4.65. The van der Waals surface area contributed by atoms with Crippen LogP contribution in [0.5, 0.6) is 0 Å². The number of aryl methyl sites for hydroxylation is 2. The Labute approximate surface area is 138 Å². The number of halogens is 1. The van der Waals surface area contributed by atoms with Crippen molar-refractivity contribution in [1.29, 1.82) is 0 Å². The highest BCUT2D eigenvalue weighted by Crippen LogP contribution is 2.15. The number of hydrazone groups is 1. The smallest absolute Gasteiger partial charge is 0.241 e. The average Bonchev–Trinajstić information content (AvgIpc) is 2.90. The monoisotopic (exact) mass is 324 g/mol. The number of carbonyl (C=O) groups is 1. The number of aromatic nitrogens is 2. The molecular weight excluding hydrogens is 307 g/mol. The van der Waals surface area contributed by atoms with Crippen LogP contribution >= 0.6 is 0 Å². The van der Waals surface area contributed by atoms with Crippen LogP contribution in [0.25, 0.3) is 11.0 Å². The number of rotatable bonds is 5. The van der Waals surface area contributed by atoms with E-state index >= 15 is 0 Å². The Morgan fingerprint density at radius 1 is 1.25 bits per heavy atom. The van der Waals surface area contributed by atoms with Crippen molar-refractivity contribution in [1.82, 2.24) is 15.0 Å². The summed E-state index contributed by atoms with van der Waals surface area (Å²) in [5, 5.41) is 3.80. The number of nitrogens with zero attached hydrogens (tertiary/aromatic N) is 3. The molecule has 5 nitrogen and oxygen atoms in total. The first kappa shape index (κ1) is 15.9. The van der Waals surface area contributed by atoms with Gasteiger partial charge in [-0.05, 0) is 25.1 Å². The summed E-state index contributed by atoms with van der Waals surface area (Å²) in [6, 6.07) is 14.0. The van der Waals surface area contributed by atoms with Crippen molar-refractivity contribution in [2.45, 2.75) is 19.9 Å². The molecule has 0 atom stereocenters. The molecule has 1 amide bonds. The van der Waals surface area contributed by atoms with Crippen LogP contribution in [0.15, 0.2) is 53.6 Å². The van der Waals surface area contributed by atoms with E-state index in [2.05, 4.69) is 15.5 Å². The maximum Gasteiger partial charge on any atom is 0.241 e. The molecule has 0 saturated carbocycles.